The third kappa shape index (κ3) is 8.30. The van der Waals surface area contributed by atoms with Crippen LogP contribution in [0.2, 0.25) is 0 Å². The molecule has 6 heteroatoms. The fourth-order valence-corrected chi connectivity index (χ4v) is 3.40. The maximum absolute atomic E-state index is 11.6. The summed E-state index contributed by atoms with van der Waals surface area (Å²) in [6, 6.07) is 10.3. The highest BCUT2D eigenvalue weighted by Crippen LogP contribution is 2.20. The number of piperidine rings is 1. The van der Waals surface area contributed by atoms with Crippen LogP contribution in [0.3, 0.4) is 0 Å². The Labute approximate surface area is 169 Å². The number of amides is 1. The molecule has 6 nitrogen and oxygen atoms in total. The fourth-order valence-electron chi connectivity index (χ4n) is 3.40. The van der Waals surface area contributed by atoms with Crippen LogP contribution in [0.25, 0.3) is 0 Å². The Balaban J connectivity index is 1.64. The molecule has 1 aliphatic rings. The number of ether oxygens (including phenoxy) is 1. The Morgan fingerprint density at radius 3 is 2.64 bits per heavy atom. The summed E-state index contributed by atoms with van der Waals surface area (Å²) in [5, 5.41) is 6.13. The number of carbonyl (C=O) groups is 1. The second-order valence-corrected chi connectivity index (χ2v) is 7.29. The van der Waals surface area contributed by atoms with Gasteiger partial charge in [-0.05, 0) is 44.1 Å². The summed E-state index contributed by atoms with van der Waals surface area (Å²) in [6.07, 6.45) is 4.78. The predicted octanol–water partition coefficient (Wildman–Crippen LogP) is 2.80. The number of likely N-dealkylation sites (tertiary alicyclic amines) is 1. The van der Waals surface area contributed by atoms with Crippen LogP contribution in [0, 0.1) is 5.92 Å². The van der Waals surface area contributed by atoms with Gasteiger partial charge in [-0.15, -0.1) is 0 Å². The molecule has 0 atom stereocenters. The first-order valence-corrected chi connectivity index (χ1v) is 10.6. The lowest BCUT2D eigenvalue weighted by Crippen LogP contribution is -2.46. The van der Waals surface area contributed by atoms with E-state index < -0.39 is 0 Å². The van der Waals surface area contributed by atoms with E-state index in [1.54, 1.807) is 7.05 Å². The summed E-state index contributed by atoms with van der Waals surface area (Å²) in [5.41, 5.74) is 1.22. The number of rotatable bonds is 10. The third-order valence-electron chi connectivity index (χ3n) is 5.07. The standard InChI is InChI=1S/C22H36N4O2/c1-3-24-22(26-14-11-19(12-15-26)17-21(27)23-2)25-13-7-8-16-28-18-20-9-5-4-6-10-20/h4-6,9-10,19H,3,7-8,11-18H2,1-2H3,(H,23,27)(H,24,25). The molecule has 1 aliphatic heterocycles. The van der Waals surface area contributed by atoms with Crippen LogP contribution < -0.4 is 10.6 Å². The number of aliphatic imine (C=N–C) groups is 1. The molecule has 0 unspecified atom stereocenters. The van der Waals surface area contributed by atoms with Gasteiger partial charge >= 0.3 is 0 Å². The molecule has 2 N–H and O–H groups in total. The Hall–Kier alpha value is -2.08. The average molecular weight is 389 g/mol. The highest BCUT2D eigenvalue weighted by atomic mass is 16.5. The summed E-state index contributed by atoms with van der Waals surface area (Å²) in [4.78, 5) is 18.7. The van der Waals surface area contributed by atoms with Crippen LogP contribution in [0.4, 0.5) is 0 Å². The molecule has 1 saturated heterocycles. The van der Waals surface area contributed by atoms with E-state index in [2.05, 4.69) is 34.6 Å². The van der Waals surface area contributed by atoms with Crippen molar-refractivity contribution in [2.75, 3.05) is 39.8 Å². The zero-order valence-electron chi connectivity index (χ0n) is 17.5. The molecule has 28 heavy (non-hydrogen) atoms. The summed E-state index contributed by atoms with van der Waals surface area (Å²) >= 11 is 0. The fraction of sp³-hybridized carbons (Fsp3) is 0.636. The Morgan fingerprint density at radius 1 is 1.21 bits per heavy atom. The van der Waals surface area contributed by atoms with E-state index >= 15 is 0 Å². The zero-order chi connectivity index (χ0) is 20.0. The molecule has 0 spiro atoms. The molecule has 2 rings (SSSR count). The maximum Gasteiger partial charge on any atom is 0.220 e. The van der Waals surface area contributed by atoms with Crippen molar-refractivity contribution >= 4 is 11.9 Å². The van der Waals surface area contributed by atoms with Gasteiger partial charge in [0.15, 0.2) is 5.96 Å². The first-order chi connectivity index (χ1) is 13.7. The van der Waals surface area contributed by atoms with Gasteiger partial charge in [-0.3, -0.25) is 9.79 Å². The van der Waals surface area contributed by atoms with Crippen molar-refractivity contribution in [1.29, 1.82) is 0 Å². The number of benzene rings is 1. The van der Waals surface area contributed by atoms with E-state index in [9.17, 15) is 4.79 Å². The van der Waals surface area contributed by atoms with Crippen molar-refractivity contribution in [2.45, 2.75) is 45.6 Å². The molecular formula is C22H36N4O2. The molecule has 0 aliphatic carbocycles. The molecule has 1 fully saturated rings. The van der Waals surface area contributed by atoms with Crippen LogP contribution in [0.5, 0.6) is 0 Å². The minimum atomic E-state index is 0.147. The topological polar surface area (TPSA) is 66.0 Å². The Kier molecular flexibility index (Phi) is 10.4. The quantitative estimate of drug-likeness (QED) is 0.367. The highest BCUT2D eigenvalue weighted by Gasteiger charge is 2.22. The maximum atomic E-state index is 11.6. The molecule has 1 aromatic rings. The Morgan fingerprint density at radius 2 is 1.96 bits per heavy atom. The summed E-state index contributed by atoms with van der Waals surface area (Å²) in [7, 11) is 1.71. The normalized spacial score (nSPS) is 15.5. The minimum Gasteiger partial charge on any atom is -0.377 e. The summed E-state index contributed by atoms with van der Waals surface area (Å²) < 4.78 is 5.74. The van der Waals surface area contributed by atoms with E-state index in [4.69, 9.17) is 9.73 Å². The number of carbonyl (C=O) groups excluding carboxylic acids is 1. The predicted molar refractivity (Wildman–Crippen MR) is 114 cm³/mol. The number of unbranched alkanes of at least 4 members (excludes halogenated alkanes) is 1. The second-order valence-electron chi connectivity index (χ2n) is 7.29. The van der Waals surface area contributed by atoms with Gasteiger partial charge in [-0.25, -0.2) is 0 Å². The molecule has 1 heterocycles. The first-order valence-electron chi connectivity index (χ1n) is 10.6. The van der Waals surface area contributed by atoms with E-state index in [0.717, 1.165) is 64.4 Å². The van der Waals surface area contributed by atoms with Gasteiger partial charge < -0.3 is 20.3 Å². The van der Waals surface area contributed by atoms with Crippen LogP contribution in [0.15, 0.2) is 35.3 Å². The smallest absolute Gasteiger partial charge is 0.220 e. The minimum absolute atomic E-state index is 0.147. The number of hydrogen-bond donors (Lipinski definition) is 2. The first kappa shape index (κ1) is 22.2. The molecule has 0 radical (unpaired) electrons. The molecule has 0 saturated carbocycles. The lowest BCUT2D eigenvalue weighted by Gasteiger charge is -2.34. The van der Waals surface area contributed by atoms with Gasteiger partial charge in [0.1, 0.15) is 0 Å². The lowest BCUT2D eigenvalue weighted by atomic mass is 9.93. The largest absolute Gasteiger partial charge is 0.377 e. The number of guanidine groups is 1. The number of nitrogens with zero attached hydrogens (tertiary/aromatic N) is 2. The second kappa shape index (κ2) is 13.2. The molecule has 0 bridgehead atoms. The number of nitrogens with one attached hydrogen (secondary N) is 2. The summed E-state index contributed by atoms with van der Waals surface area (Å²) in [6.45, 7) is 7.17. The zero-order valence-corrected chi connectivity index (χ0v) is 17.5. The van der Waals surface area contributed by atoms with Gasteiger partial charge in [-0.1, -0.05) is 30.3 Å². The van der Waals surface area contributed by atoms with Gasteiger partial charge in [-0.2, -0.15) is 0 Å². The van der Waals surface area contributed by atoms with Crippen LogP contribution in [0.1, 0.15) is 44.6 Å². The van der Waals surface area contributed by atoms with Gasteiger partial charge in [0.25, 0.3) is 0 Å². The number of hydrogen-bond acceptors (Lipinski definition) is 3. The van der Waals surface area contributed by atoms with Crippen LogP contribution in [-0.4, -0.2) is 56.6 Å². The van der Waals surface area contributed by atoms with Crippen molar-refractivity contribution in [3.05, 3.63) is 35.9 Å². The van der Waals surface area contributed by atoms with Crippen molar-refractivity contribution < 1.29 is 9.53 Å². The van der Waals surface area contributed by atoms with E-state index in [1.807, 2.05) is 18.2 Å². The van der Waals surface area contributed by atoms with E-state index in [-0.39, 0.29) is 5.91 Å². The molecule has 156 valence electrons. The molecule has 1 aromatic carbocycles. The average Bonchev–Trinajstić information content (AvgIpc) is 2.73. The van der Waals surface area contributed by atoms with E-state index in [0.29, 0.717) is 18.9 Å². The van der Waals surface area contributed by atoms with Gasteiger partial charge in [0.05, 0.1) is 6.61 Å². The van der Waals surface area contributed by atoms with Crippen molar-refractivity contribution in [3.8, 4) is 0 Å². The van der Waals surface area contributed by atoms with Gasteiger partial charge in [0, 0.05) is 46.3 Å². The van der Waals surface area contributed by atoms with Crippen LogP contribution in [-0.2, 0) is 16.1 Å². The van der Waals surface area contributed by atoms with Gasteiger partial charge in [0.2, 0.25) is 5.91 Å². The third-order valence-corrected chi connectivity index (χ3v) is 5.07. The van der Waals surface area contributed by atoms with Crippen LogP contribution >= 0.6 is 0 Å². The summed E-state index contributed by atoms with van der Waals surface area (Å²) in [5.74, 6) is 1.64. The van der Waals surface area contributed by atoms with Crippen molar-refractivity contribution in [1.82, 2.24) is 15.5 Å². The molecule has 1 amide bonds. The highest BCUT2D eigenvalue weighted by molar-refractivity contribution is 5.80. The van der Waals surface area contributed by atoms with Crippen molar-refractivity contribution in [2.24, 2.45) is 10.9 Å². The van der Waals surface area contributed by atoms with E-state index in [1.165, 1.54) is 5.56 Å². The molecular weight excluding hydrogens is 352 g/mol. The monoisotopic (exact) mass is 388 g/mol. The van der Waals surface area contributed by atoms with Crippen molar-refractivity contribution in [3.63, 3.8) is 0 Å². The Bertz CT molecular complexity index is 583. The SMILES string of the molecule is CCNC(=NCCCCOCc1ccccc1)N1CCC(CC(=O)NC)CC1. The molecule has 0 aromatic heterocycles. The lowest BCUT2D eigenvalue weighted by molar-refractivity contribution is -0.121.